The fourth-order valence-corrected chi connectivity index (χ4v) is 2.22. The van der Waals surface area contributed by atoms with E-state index in [-0.39, 0.29) is 11.9 Å². The molecule has 0 spiro atoms. The molecule has 1 aromatic rings. The molecule has 1 atom stereocenters. The van der Waals surface area contributed by atoms with Crippen molar-refractivity contribution in [1.82, 2.24) is 10.2 Å². The normalized spacial score (nSPS) is 18.6. The van der Waals surface area contributed by atoms with Gasteiger partial charge in [0.25, 0.3) is 0 Å². The Morgan fingerprint density at radius 2 is 1.94 bits per heavy atom. The quantitative estimate of drug-likeness (QED) is 0.863. The lowest BCUT2D eigenvalue weighted by atomic mass is 10.0. The van der Waals surface area contributed by atoms with Crippen molar-refractivity contribution in [2.24, 2.45) is 0 Å². The molecule has 0 unspecified atom stereocenters. The number of nitriles is 1. The van der Waals surface area contributed by atoms with Crippen LogP contribution in [0.15, 0.2) is 24.3 Å². The van der Waals surface area contributed by atoms with Crippen molar-refractivity contribution in [3.63, 3.8) is 0 Å². The first-order chi connectivity index (χ1) is 8.31. The maximum atomic E-state index is 12.9. The Labute approximate surface area is 101 Å². The van der Waals surface area contributed by atoms with Gasteiger partial charge in [-0.25, -0.2) is 4.39 Å². The molecule has 0 saturated carbocycles. The lowest BCUT2D eigenvalue weighted by Gasteiger charge is -2.34. The first kappa shape index (κ1) is 12.0. The minimum absolute atomic E-state index is 0.0858. The summed E-state index contributed by atoms with van der Waals surface area (Å²) in [5, 5.41) is 12.2. The number of nitrogens with one attached hydrogen (secondary N) is 1. The highest BCUT2D eigenvalue weighted by Crippen LogP contribution is 2.24. The molecule has 2 rings (SSSR count). The van der Waals surface area contributed by atoms with Crippen LogP contribution in [-0.2, 0) is 0 Å². The zero-order valence-corrected chi connectivity index (χ0v) is 9.69. The molecule has 90 valence electrons. The van der Waals surface area contributed by atoms with Crippen LogP contribution in [0.2, 0.25) is 0 Å². The van der Waals surface area contributed by atoms with Gasteiger partial charge in [0.15, 0.2) is 0 Å². The minimum atomic E-state index is -0.232. The maximum Gasteiger partial charge on any atom is 0.123 e. The standard InChI is InChI=1S/C13H16FN3/c14-12-3-1-11(2-4-12)13(5-6-15)17-9-7-16-8-10-17/h1-4,13,16H,5,7-10H2/t13-/m0/s1. The summed E-state index contributed by atoms with van der Waals surface area (Å²) in [6.07, 6.45) is 0.450. The van der Waals surface area contributed by atoms with Crippen LogP contribution in [0.5, 0.6) is 0 Å². The number of hydrogen-bond acceptors (Lipinski definition) is 3. The summed E-state index contributed by atoms with van der Waals surface area (Å²) in [7, 11) is 0. The van der Waals surface area contributed by atoms with E-state index >= 15 is 0 Å². The zero-order valence-electron chi connectivity index (χ0n) is 9.69. The molecular weight excluding hydrogens is 217 g/mol. The van der Waals surface area contributed by atoms with Crippen LogP contribution in [-0.4, -0.2) is 31.1 Å². The van der Waals surface area contributed by atoms with Crippen molar-refractivity contribution >= 4 is 0 Å². The van der Waals surface area contributed by atoms with E-state index in [1.807, 2.05) is 0 Å². The summed E-state index contributed by atoms with van der Waals surface area (Å²) in [6, 6.07) is 8.78. The highest BCUT2D eigenvalue weighted by Gasteiger charge is 2.21. The van der Waals surface area contributed by atoms with Crippen LogP contribution >= 0.6 is 0 Å². The van der Waals surface area contributed by atoms with Gasteiger partial charge in [0.1, 0.15) is 5.82 Å². The predicted octanol–water partition coefficient (Wildman–Crippen LogP) is 1.69. The van der Waals surface area contributed by atoms with Crippen molar-refractivity contribution in [2.75, 3.05) is 26.2 Å². The largest absolute Gasteiger partial charge is 0.314 e. The highest BCUT2D eigenvalue weighted by molar-refractivity contribution is 5.21. The molecule has 0 radical (unpaired) electrons. The molecule has 1 fully saturated rings. The third-order valence-corrected chi connectivity index (χ3v) is 3.13. The lowest BCUT2D eigenvalue weighted by Crippen LogP contribution is -2.45. The third kappa shape index (κ3) is 3.02. The van der Waals surface area contributed by atoms with Gasteiger partial charge in [-0.3, -0.25) is 4.90 Å². The second-order valence-electron chi connectivity index (χ2n) is 4.22. The number of halogens is 1. The molecule has 1 N–H and O–H groups in total. The van der Waals surface area contributed by atoms with E-state index in [9.17, 15) is 4.39 Å². The van der Waals surface area contributed by atoms with Crippen molar-refractivity contribution < 1.29 is 4.39 Å². The van der Waals surface area contributed by atoms with Gasteiger partial charge in [-0.05, 0) is 17.7 Å². The van der Waals surface area contributed by atoms with Crippen molar-refractivity contribution in [3.8, 4) is 6.07 Å². The first-order valence-corrected chi connectivity index (χ1v) is 5.88. The van der Waals surface area contributed by atoms with Gasteiger partial charge >= 0.3 is 0 Å². The van der Waals surface area contributed by atoms with Gasteiger partial charge in [0.05, 0.1) is 12.5 Å². The molecule has 4 heteroatoms. The van der Waals surface area contributed by atoms with E-state index in [0.717, 1.165) is 31.7 Å². The minimum Gasteiger partial charge on any atom is -0.314 e. The van der Waals surface area contributed by atoms with E-state index in [4.69, 9.17) is 5.26 Å². The third-order valence-electron chi connectivity index (χ3n) is 3.13. The summed E-state index contributed by atoms with van der Waals surface area (Å²) in [5.41, 5.74) is 1.02. The SMILES string of the molecule is N#CC[C@@H](c1ccc(F)cc1)N1CCNCC1. The van der Waals surface area contributed by atoms with Crippen LogP contribution < -0.4 is 5.32 Å². The Bertz CT molecular complexity index is 390. The van der Waals surface area contributed by atoms with E-state index in [2.05, 4.69) is 16.3 Å². The predicted molar refractivity (Wildman–Crippen MR) is 63.8 cm³/mol. The topological polar surface area (TPSA) is 39.1 Å². The van der Waals surface area contributed by atoms with E-state index in [1.54, 1.807) is 12.1 Å². The van der Waals surface area contributed by atoms with Gasteiger partial charge in [0.2, 0.25) is 0 Å². The fraction of sp³-hybridized carbons (Fsp3) is 0.462. The summed E-state index contributed by atoms with van der Waals surface area (Å²) in [4.78, 5) is 2.28. The van der Waals surface area contributed by atoms with Crippen LogP contribution in [0.4, 0.5) is 4.39 Å². The Balaban J connectivity index is 2.15. The zero-order chi connectivity index (χ0) is 12.1. The van der Waals surface area contributed by atoms with Gasteiger partial charge in [-0.1, -0.05) is 12.1 Å². The highest BCUT2D eigenvalue weighted by atomic mass is 19.1. The lowest BCUT2D eigenvalue weighted by molar-refractivity contribution is 0.175. The number of rotatable bonds is 3. The average molecular weight is 233 g/mol. The van der Waals surface area contributed by atoms with Crippen LogP contribution in [0.25, 0.3) is 0 Å². The fourth-order valence-electron chi connectivity index (χ4n) is 2.22. The summed E-state index contributed by atoms with van der Waals surface area (Å²) < 4.78 is 12.9. The molecular formula is C13H16FN3. The Morgan fingerprint density at radius 1 is 1.29 bits per heavy atom. The molecule has 3 nitrogen and oxygen atoms in total. The second kappa shape index (κ2) is 5.76. The number of nitrogens with zero attached hydrogens (tertiary/aromatic N) is 2. The molecule has 1 aliphatic heterocycles. The van der Waals surface area contributed by atoms with Gasteiger partial charge < -0.3 is 5.32 Å². The Kier molecular flexibility index (Phi) is 4.08. The molecule has 0 amide bonds. The van der Waals surface area contributed by atoms with Crippen LogP contribution in [0, 0.1) is 17.1 Å². The van der Waals surface area contributed by atoms with Gasteiger partial charge in [0, 0.05) is 32.2 Å². The smallest absolute Gasteiger partial charge is 0.123 e. The monoisotopic (exact) mass is 233 g/mol. The molecule has 17 heavy (non-hydrogen) atoms. The molecule has 1 aliphatic rings. The number of hydrogen-bond donors (Lipinski definition) is 1. The molecule has 1 heterocycles. The van der Waals surface area contributed by atoms with Gasteiger partial charge in [-0.2, -0.15) is 5.26 Å². The molecule has 1 aromatic carbocycles. The number of benzene rings is 1. The van der Waals surface area contributed by atoms with E-state index in [0.29, 0.717) is 6.42 Å². The van der Waals surface area contributed by atoms with Crippen LogP contribution in [0.3, 0.4) is 0 Å². The van der Waals surface area contributed by atoms with Crippen LogP contribution in [0.1, 0.15) is 18.0 Å². The molecule has 1 saturated heterocycles. The molecule has 0 aromatic heterocycles. The van der Waals surface area contributed by atoms with E-state index < -0.39 is 0 Å². The van der Waals surface area contributed by atoms with Crippen molar-refractivity contribution in [2.45, 2.75) is 12.5 Å². The first-order valence-electron chi connectivity index (χ1n) is 5.88. The number of piperazine rings is 1. The van der Waals surface area contributed by atoms with E-state index in [1.165, 1.54) is 12.1 Å². The van der Waals surface area contributed by atoms with Gasteiger partial charge in [-0.15, -0.1) is 0 Å². The molecule has 0 aliphatic carbocycles. The summed E-state index contributed by atoms with van der Waals surface area (Å²) >= 11 is 0. The van der Waals surface area contributed by atoms with Crippen molar-refractivity contribution in [3.05, 3.63) is 35.6 Å². The second-order valence-corrected chi connectivity index (χ2v) is 4.22. The Hall–Kier alpha value is -1.44. The summed E-state index contributed by atoms with van der Waals surface area (Å²) in [6.45, 7) is 3.76. The molecule has 0 bridgehead atoms. The summed E-state index contributed by atoms with van der Waals surface area (Å²) in [5.74, 6) is -0.232. The average Bonchev–Trinajstić information content (AvgIpc) is 2.38. The maximum absolute atomic E-state index is 12.9. The van der Waals surface area contributed by atoms with Crippen molar-refractivity contribution in [1.29, 1.82) is 5.26 Å². The Morgan fingerprint density at radius 3 is 2.53 bits per heavy atom.